The number of carbonyl (C=O) groups is 1. The molecular weight excluding hydrogens is 276 g/mol. The van der Waals surface area contributed by atoms with Crippen molar-refractivity contribution in [3.63, 3.8) is 0 Å². The molecule has 0 bridgehead atoms. The fraction of sp³-hybridized carbons (Fsp3) is 0.500. The topological polar surface area (TPSA) is 92.9 Å². The Morgan fingerprint density at radius 1 is 1.52 bits per heavy atom. The molecule has 1 saturated heterocycles. The number of nitrogens with zero attached hydrogens (tertiary/aromatic N) is 2. The van der Waals surface area contributed by atoms with Crippen molar-refractivity contribution in [1.82, 2.24) is 0 Å². The highest BCUT2D eigenvalue weighted by molar-refractivity contribution is 5.82. The second-order valence-electron chi connectivity index (χ2n) is 5.24. The molecule has 7 heteroatoms. The molecule has 0 spiro atoms. The standard InChI is InChI=1S/C14H18N2O5/c1-9(2)21-12-7-3-5-10(13(12)16(19)20)15-8-4-6-11(15)14(17)18/h3,5,7,9,11H,4,6,8H2,1-2H3,(H,17,18). The second kappa shape index (κ2) is 5.99. The van der Waals surface area contributed by atoms with Gasteiger partial charge in [-0.3, -0.25) is 10.1 Å². The van der Waals surface area contributed by atoms with Crippen LogP contribution in [-0.4, -0.2) is 34.7 Å². The van der Waals surface area contributed by atoms with Crippen LogP contribution < -0.4 is 9.64 Å². The first-order chi connectivity index (χ1) is 9.91. The largest absolute Gasteiger partial charge is 0.484 e. The average Bonchev–Trinajstić information content (AvgIpc) is 2.86. The summed E-state index contributed by atoms with van der Waals surface area (Å²) in [6.07, 6.45) is 0.985. The van der Waals surface area contributed by atoms with E-state index >= 15 is 0 Å². The zero-order valence-electron chi connectivity index (χ0n) is 12.0. The van der Waals surface area contributed by atoms with E-state index in [-0.39, 0.29) is 17.5 Å². The number of para-hydroxylation sites is 1. The highest BCUT2D eigenvalue weighted by atomic mass is 16.6. The Morgan fingerprint density at radius 2 is 2.24 bits per heavy atom. The van der Waals surface area contributed by atoms with Crippen molar-refractivity contribution in [2.75, 3.05) is 11.4 Å². The number of hydrogen-bond donors (Lipinski definition) is 1. The van der Waals surface area contributed by atoms with Gasteiger partial charge in [-0.25, -0.2) is 4.79 Å². The zero-order valence-corrected chi connectivity index (χ0v) is 12.0. The molecule has 1 N–H and O–H groups in total. The monoisotopic (exact) mass is 294 g/mol. The third kappa shape index (κ3) is 3.07. The third-order valence-electron chi connectivity index (χ3n) is 3.37. The van der Waals surface area contributed by atoms with Gasteiger partial charge in [0.1, 0.15) is 11.7 Å². The number of anilines is 1. The summed E-state index contributed by atoms with van der Waals surface area (Å²) in [5.41, 5.74) is 0.141. The number of carboxylic acid groups (broad SMARTS) is 1. The Bertz CT molecular complexity index is 558. The lowest BCUT2D eigenvalue weighted by molar-refractivity contribution is -0.385. The normalized spacial score (nSPS) is 18.0. The summed E-state index contributed by atoms with van der Waals surface area (Å²) >= 11 is 0. The van der Waals surface area contributed by atoms with Crippen molar-refractivity contribution in [2.45, 2.75) is 38.8 Å². The van der Waals surface area contributed by atoms with Crippen molar-refractivity contribution < 1.29 is 19.6 Å². The summed E-state index contributed by atoms with van der Waals surface area (Å²) in [5.74, 6) is -0.791. The van der Waals surface area contributed by atoms with Gasteiger partial charge in [-0.05, 0) is 38.8 Å². The Hall–Kier alpha value is -2.31. The molecule has 1 aliphatic rings. The molecule has 21 heavy (non-hydrogen) atoms. The van der Waals surface area contributed by atoms with Crippen LogP contribution in [0.2, 0.25) is 0 Å². The Morgan fingerprint density at radius 3 is 2.81 bits per heavy atom. The molecule has 2 rings (SSSR count). The maximum atomic E-state index is 11.4. The van der Waals surface area contributed by atoms with Gasteiger partial charge < -0.3 is 14.7 Å². The minimum atomic E-state index is -0.961. The van der Waals surface area contributed by atoms with Crippen LogP contribution >= 0.6 is 0 Å². The minimum absolute atomic E-state index is 0.167. The first kappa shape index (κ1) is 15.1. The molecule has 1 fully saturated rings. The summed E-state index contributed by atoms with van der Waals surface area (Å²) in [5, 5.41) is 20.7. The molecule has 1 aliphatic heterocycles. The fourth-order valence-electron chi connectivity index (χ4n) is 2.59. The lowest BCUT2D eigenvalue weighted by Gasteiger charge is -2.24. The van der Waals surface area contributed by atoms with Crippen LogP contribution in [0.3, 0.4) is 0 Å². The maximum absolute atomic E-state index is 11.4. The van der Waals surface area contributed by atoms with Gasteiger partial charge in [-0.2, -0.15) is 0 Å². The number of hydrogen-bond acceptors (Lipinski definition) is 5. The molecule has 1 unspecified atom stereocenters. The SMILES string of the molecule is CC(C)Oc1cccc(N2CCCC2C(=O)O)c1[N+](=O)[O-]. The summed E-state index contributed by atoms with van der Waals surface area (Å²) in [6, 6.07) is 4.04. The van der Waals surface area contributed by atoms with Crippen molar-refractivity contribution >= 4 is 17.3 Å². The maximum Gasteiger partial charge on any atom is 0.333 e. The van der Waals surface area contributed by atoms with Gasteiger partial charge in [-0.15, -0.1) is 0 Å². The summed E-state index contributed by atoms with van der Waals surface area (Å²) in [6.45, 7) is 4.06. The van der Waals surface area contributed by atoms with Crippen LogP contribution in [0, 0.1) is 10.1 Å². The van der Waals surface area contributed by atoms with E-state index in [1.54, 1.807) is 30.9 Å². The van der Waals surface area contributed by atoms with Gasteiger partial charge in [0.05, 0.1) is 11.0 Å². The summed E-state index contributed by atoms with van der Waals surface area (Å²) < 4.78 is 5.49. The van der Waals surface area contributed by atoms with E-state index in [4.69, 9.17) is 4.74 Å². The molecule has 1 aromatic carbocycles. The molecule has 0 saturated carbocycles. The predicted molar refractivity (Wildman–Crippen MR) is 76.9 cm³/mol. The summed E-state index contributed by atoms with van der Waals surface area (Å²) in [7, 11) is 0. The summed E-state index contributed by atoms with van der Waals surface area (Å²) in [4.78, 5) is 23.8. The van der Waals surface area contributed by atoms with E-state index in [2.05, 4.69) is 0 Å². The zero-order chi connectivity index (χ0) is 15.6. The van der Waals surface area contributed by atoms with Gasteiger partial charge in [-0.1, -0.05) is 6.07 Å². The fourth-order valence-corrected chi connectivity index (χ4v) is 2.59. The average molecular weight is 294 g/mol. The number of carboxylic acids is 1. The Balaban J connectivity index is 2.48. The highest BCUT2D eigenvalue weighted by Crippen LogP contribution is 2.40. The lowest BCUT2D eigenvalue weighted by atomic mass is 10.2. The van der Waals surface area contributed by atoms with Gasteiger partial charge in [0, 0.05) is 6.54 Å². The van der Waals surface area contributed by atoms with Crippen LogP contribution in [0.4, 0.5) is 11.4 Å². The van der Waals surface area contributed by atoms with Crippen LogP contribution in [0.25, 0.3) is 0 Å². The molecule has 114 valence electrons. The van der Waals surface area contributed by atoms with Crippen LogP contribution in [0.5, 0.6) is 5.75 Å². The van der Waals surface area contributed by atoms with Gasteiger partial charge in [0.15, 0.2) is 5.75 Å². The lowest BCUT2D eigenvalue weighted by Crippen LogP contribution is -2.36. The molecule has 1 aromatic rings. The van der Waals surface area contributed by atoms with Crippen LogP contribution in [-0.2, 0) is 4.79 Å². The number of benzene rings is 1. The number of aliphatic carboxylic acids is 1. The van der Waals surface area contributed by atoms with E-state index in [1.807, 2.05) is 0 Å². The van der Waals surface area contributed by atoms with Gasteiger partial charge >= 0.3 is 11.7 Å². The van der Waals surface area contributed by atoms with Gasteiger partial charge in [0.2, 0.25) is 0 Å². The minimum Gasteiger partial charge on any atom is -0.484 e. The van der Waals surface area contributed by atoms with Crippen LogP contribution in [0.1, 0.15) is 26.7 Å². The second-order valence-corrected chi connectivity index (χ2v) is 5.24. The quantitative estimate of drug-likeness (QED) is 0.662. The molecule has 0 radical (unpaired) electrons. The molecule has 7 nitrogen and oxygen atoms in total. The molecule has 0 aromatic heterocycles. The molecule has 1 atom stereocenters. The smallest absolute Gasteiger partial charge is 0.333 e. The van der Waals surface area contributed by atoms with E-state index < -0.39 is 16.9 Å². The van der Waals surface area contributed by atoms with E-state index in [0.717, 1.165) is 0 Å². The highest BCUT2D eigenvalue weighted by Gasteiger charge is 2.35. The first-order valence-electron chi connectivity index (χ1n) is 6.85. The number of nitro benzene ring substituents is 1. The Labute approximate surface area is 122 Å². The van der Waals surface area contributed by atoms with Crippen molar-refractivity contribution in [1.29, 1.82) is 0 Å². The third-order valence-corrected chi connectivity index (χ3v) is 3.37. The molecule has 0 amide bonds. The predicted octanol–water partition coefficient (Wildman–Crippen LogP) is 2.44. The van der Waals surface area contributed by atoms with E-state index in [1.165, 1.54) is 6.07 Å². The Kier molecular flexibility index (Phi) is 4.30. The molecule has 1 heterocycles. The van der Waals surface area contributed by atoms with Crippen molar-refractivity contribution in [3.8, 4) is 5.75 Å². The first-order valence-corrected chi connectivity index (χ1v) is 6.85. The molecular formula is C14H18N2O5. The molecule has 0 aliphatic carbocycles. The van der Waals surface area contributed by atoms with E-state index in [0.29, 0.717) is 25.1 Å². The van der Waals surface area contributed by atoms with Crippen molar-refractivity contribution in [3.05, 3.63) is 28.3 Å². The van der Waals surface area contributed by atoms with Crippen LogP contribution in [0.15, 0.2) is 18.2 Å². The van der Waals surface area contributed by atoms with Crippen molar-refractivity contribution in [2.24, 2.45) is 0 Å². The van der Waals surface area contributed by atoms with Gasteiger partial charge in [0.25, 0.3) is 0 Å². The van der Waals surface area contributed by atoms with E-state index in [9.17, 15) is 20.0 Å². The number of ether oxygens (including phenoxy) is 1. The number of rotatable bonds is 5. The number of nitro groups is 1.